The Balaban J connectivity index is 1.91. The highest BCUT2D eigenvalue weighted by Crippen LogP contribution is 2.26. The Labute approximate surface area is 115 Å². The van der Waals surface area contributed by atoms with Crippen LogP contribution in [0.4, 0.5) is 0 Å². The van der Waals surface area contributed by atoms with E-state index in [0.717, 1.165) is 11.8 Å². The summed E-state index contributed by atoms with van der Waals surface area (Å²) >= 11 is 2.09. The van der Waals surface area contributed by atoms with E-state index in [-0.39, 0.29) is 0 Å². The van der Waals surface area contributed by atoms with Crippen LogP contribution in [-0.4, -0.2) is 42.6 Å². The molecule has 18 heavy (non-hydrogen) atoms. The van der Waals surface area contributed by atoms with Crippen molar-refractivity contribution in [3.8, 4) is 0 Å². The maximum absolute atomic E-state index is 3.73. The molecule has 0 aliphatic carbocycles. The molecule has 1 saturated heterocycles. The predicted molar refractivity (Wildman–Crippen MR) is 81.2 cm³/mol. The Kier molecular flexibility index (Phi) is 5.10. The number of hydrogen-bond acceptors (Lipinski definition) is 3. The Morgan fingerprint density at radius 2 is 2.06 bits per heavy atom. The summed E-state index contributed by atoms with van der Waals surface area (Å²) in [7, 11) is 4.32. The van der Waals surface area contributed by atoms with Crippen LogP contribution in [0.25, 0.3) is 0 Å². The molecule has 1 aliphatic rings. The van der Waals surface area contributed by atoms with Gasteiger partial charge in [0, 0.05) is 29.6 Å². The van der Waals surface area contributed by atoms with Gasteiger partial charge in [0.05, 0.1) is 0 Å². The number of likely N-dealkylation sites (N-methyl/N-ethyl adjacent to an activating group) is 1. The van der Waals surface area contributed by atoms with Gasteiger partial charge < -0.3 is 10.2 Å². The van der Waals surface area contributed by atoms with E-state index in [1.165, 1.54) is 17.7 Å². The second-order valence-corrected chi connectivity index (χ2v) is 6.85. The van der Waals surface area contributed by atoms with Gasteiger partial charge in [-0.2, -0.15) is 11.8 Å². The van der Waals surface area contributed by atoms with E-state index in [1.807, 2.05) is 0 Å². The number of hydrogen-bond donors (Lipinski definition) is 1. The first kappa shape index (κ1) is 13.9. The minimum absolute atomic E-state index is 0.465. The maximum Gasteiger partial charge on any atom is 0.0466 e. The molecule has 3 atom stereocenters. The molecule has 2 nitrogen and oxygen atoms in total. The first-order valence-corrected chi connectivity index (χ1v) is 7.78. The summed E-state index contributed by atoms with van der Waals surface area (Å²) < 4.78 is 0. The summed E-state index contributed by atoms with van der Waals surface area (Å²) in [5, 5.41) is 4.55. The average molecular weight is 264 g/mol. The fraction of sp³-hybridized carbons (Fsp3) is 0.600. The first-order chi connectivity index (χ1) is 8.66. The highest BCUT2D eigenvalue weighted by Gasteiger charge is 2.23. The second kappa shape index (κ2) is 6.60. The molecular formula is C15H24N2S. The van der Waals surface area contributed by atoms with Crippen LogP contribution in [0.5, 0.6) is 0 Å². The van der Waals surface area contributed by atoms with Crippen LogP contribution in [-0.2, 0) is 0 Å². The van der Waals surface area contributed by atoms with Crippen LogP contribution in [0.3, 0.4) is 0 Å². The van der Waals surface area contributed by atoms with Gasteiger partial charge in [0.2, 0.25) is 0 Å². The average Bonchev–Trinajstić information content (AvgIpc) is 2.76. The normalized spacial score (nSPS) is 25.6. The minimum atomic E-state index is 0.465. The SMILES string of the molecule is CC1CC(NCC(c2ccccc2)N(C)C)CS1. The van der Waals surface area contributed by atoms with E-state index in [9.17, 15) is 0 Å². The van der Waals surface area contributed by atoms with Crippen molar-refractivity contribution in [2.45, 2.75) is 30.7 Å². The van der Waals surface area contributed by atoms with E-state index < -0.39 is 0 Å². The third kappa shape index (κ3) is 3.74. The zero-order valence-electron chi connectivity index (χ0n) is 11.6. The summed E-state index contributed by atoms with van der Waals surface area (Å²) in [6.45, 7) is 3.36. The van der Waals surface area contributed by atoms with Gasteiger partial charge in [-0.3, -0.25) is 0 Å². The van der Waals surface area contributed by atoms with Gasteiger partial charge in [-0.15, -0.1) is 0 Å². The number of nitrogens with zero attached hydrogens (tertiary/aromatic N) is 1. The van der Waals surface area contributed by atoms with Crippen molar-refractivity contribution in [3.63, 3.8) is 0 Å². The van der Waals surface area contributed by atoms with Gasteiger partial charge in [0.1, 0.15) is 0 Å². The Bertz CT molecular complexity index is 353. The highest BCUT2D eigenvalue weighted by atomic mass is 32.2. The molecule has 0 aromatic heterocycles. The fourth-order valence-electron chi connectivity index (χ4n) is 2.51. The van der Waals surface area contributed by atoms with E-state index in [4.69, 9.17) is 0 Å². The van der Waals surface area contributed by atoms with Gasteiger partial charge in [0.15, 0.2) is 0 Å². The molecule has 3 unspecified atom stereocenters. The van der Waals surface area contributed by atoms with Crippen LogP contribution in [0, 0.1) is 0 Å². The standard InChI is InChI=1S/C15H24N2S/c1-12-9-14(11-18-12)16-10-15(17(2)3)13-7-5-4-6-8-13/h4-8,12,14-16H,9-11H2,1-3H3. The summed E-state index contributed by atoms with van der Waals surface area (Å²) in [6.07, 6.45) is 1.31. The Morgan fingerprint density at radius 3 is 2.61 bits per heavy atom. The summed E-state index contributed by atoms with van der Waals surface area (Å²) in [4.78, 5) is 2.30. The lowest BCUT2D eigenvalue weighted by molar-refractivity contribution is 0.281. The van der Waals surface area contributed by atoms with Crippen molar-refractivity contribution < 1.29 is 0 Å². The monoisotopic (exact) mass is 264 g/mol. The number of benzene rings is 1. The first-order valence-electron chi connectivity index (χ1n) is 6.73. The fourth-order valence-corrected chi connectivity index (χ4v) is 3.69. The smallest absolute Gasteiger partial charge is 0.0466 e. The quantitative estimate of drug-likeness (QED) is 0.880. The molecule has 0 bridgehead atoms. The summed E-state index contributed by atoms with van der Waals surface area (Å²) in [6, 6.07) is 11.9. The molecule has 0 saturated carbocycles. The van der Waals surface area contributed by atoms with Crippen molar-refractivity contribution >= 4 is 11.8 Å². The molecule has 1 fully saturated rings. The molecule has 1 aromatic carbocycles. The lowest BCUT2D eigenvalue weighted by Crippen LogP contribution is -2.37. The molecular weight excluding hydrogens is 240 g/mol. The van der Waals surface area contributed by atoms with Gasteiger partial charge in [-0.25, -0.2) is 0 Å². The van der Waals surface area contributed by atoms with Gasteiger partial charge in [0.25, 0.3) is 0 Å². The summed E-state index contributed by atoms with van der Waals surface area (Å²) in [5.74, 6) is 1.26. The molecule has 0 spiro atoms. The van der Waals surface area contributed by atoms with Crippen LogP contribution in [0.15, 0.2) is 30.3 Å². The lowest BCUT2D eigenvalue weighted by Gasteiger charge is -2.26. The van der Waals surface area contributed by atoms with Gasteiger partial charge in [-0.1, -0.05) is 37.3 Å². The van der Waals surface area contributed by atoms with Crippen LogP contribution in [0.1, 0.15) is 24.9 Å². The lowest BCUT2D eigenvalue weighted by atomic mass is 10.1. The topological polar surface area (TPSA) is 15.3 Å². The van der Waals surface area contributed by atoms with Crippen LogP contribution in [0.2, 0.25) is 0 Å². The molecule has 0 amide bonds. The van der Waals surface area contributed by atoms with E-state index >= 15 is 0 Å². The maximum atomic E-state index is 3.73. The largest absolute Gasteiger partial charge is 0.311 e. The van der Waals surface area contributed by atoms with Crippen LogP contribution >= 0.6 is 11.8 Å². The highest BCUT2D eigenvalue weighted by molar-refractivity contribution is 8.00. The predicted octanol–water partition coefficient (Wildman–Crippen LogP) is 2.77. The van der Waals surface area contributed by atoms with Crippen LogP contribution < -0.4 is 5.32 Å². The molecule has 1 heterocycles. The Hall–Kier alpha value is -0.510. The van der Waals surface area contributed by atoms with Crippen molar-refractivity contribution in [3.05, 3.63) is 35.9 Å². The zero-order valence-corrected chi connectivity index (χ0v) is 12.4. The number of nitrogens with one attached hydrogen (secondary N) is 1. The molecule has 1 aliphatic heterocycles. The Morgan fingerprint density at radius 1 is 1.33 bits per heavy atom. The van der Waals surface area contributed by atoms with Crippen molar-refractivity contribution in [2.24, 2.45) is 0 Å². The molecule has 0 radical (unpaired) electrons. The summed E-state index contributed by atoms with van der Waals surface area (Å²) in [5.41, 5.74) is 1.40. The number of rotatable bonds is 5. The van der Waals surface area contributed by atoms with E-state index in [1.54, 1.807) is 0 Å². The third-order valence-corrected chi connectivity index (χ3v) is 4.96. The molecule has 1 aromatic rings. The van der Waals surface area contributed by atoms with E-state index in [0.29, 0.717) is 12.1 Å². The third-order valence-electron chi connectivity index (χ3n) is 3.61. The van der Waals surface area contributed by atoms with Crippen molar-refractivity contribution in [2.75, 3.05) is 26.4 Å². The van der Waals surface area contributed by atoms with Crippen molar-refractivity contribution in [1.29, 1.82) is 0 Å². The molecule has 100 valence electrons. The van der Waals surface area contributed by atoms with E-state index in [2.05, 4.69) is 73.3 Å². The molecule has 2 rings (SSSR count). The number of thioether (sulfide) groups is 1. The van der Waals surface area contributed by atoms with Crippen molar-refractivity contribution in [1.82, 2.24) is 10.2 Å². The van der Waals surface area contributed by atoms with Gasteiger partial charge in [-0.05, 0) is 26.1 Å². The zero-order chi connectivity index (χ0) is 13.0. The molecule has 3 heteroatoms. The molecule has 1 N–H and O–H groups in total. The second-order valence-electron chi connectivity index (χ2n) is 5.37. The minimum Gasteiger partial charge on any atom is -0.311 e. The van der Waals surface area contributed by atoms with Gasteiger partial charge >= 0.3 is 0 Å².